The van der Waals surface area contributed by atoms with Gasteiger partial charge in [0.15, 0.2) is 11.6 Å². The summed E-state index contributed by atoms with van der Waals surface area (Å²) >= 11 is 0. The third kappa shape index (κ3) is 4.56. The number of hydrogen-bond donors (Lipinski definition) is 0. The number of hydrogen-bond acceptors (Lipinski definition) is 3. The van der Waals surface area contributed by atoms with Crippen molar-refractivity contribution in [3.63, 3.8) is 0 Å². The van der Waals surface area contributed by atoms with Crippen molar-refractivity contribution >= 4 is 0 Å². The van der Waals surface area contributed by atoms with E-state index in [1.54, 1.807) is 18.2 Å². The number of morpholine rings is 1. The van der Waals surface area contributed by atoms with E-state index in [0.29, 0.717) is 11.7 Å². The van der Waals surface area contributed by atoms with Gasteiger partial charge in [-0.05, 0) is 48.7 Å². The third-order valence-electron chi connectivity index (χ3n) is 4.50. The molecular formula is C20H24FNO2. The Hall–Kier alpha value is -1.91. The molecule has 1 saturated heterocycles. The highest BCUT2D eigenvalue weighted by molar-refractivity contribution is 5.34. The second kappa shape index (κ2) is 8.27. The number of nitrogens with zero attached hydrogens (tertiary/aromatic N) is 1. The van der Waals surface area contributed by atoms with Crippen LogP contribution in [0.5, 0.6) is 11.5 Å². The maximum absolute atomic E-state index is 13.6. The molecule has 0 aromatic heterocycles. The summed E-state index contributed by atoms with van der Waals surface area (Å²) < 4.78 is 24.6. The first-order chi connectivity index (χ1) is 11.7. The van der Waals surface area contributed by atoms with E-state index in [1.165, 1.54) is 11.6 Å². The highest BCUT2D eigenvalue weighted by Crippen LogP contribution is 2.27. The van der Waals surface area contributed by atoms with Crippen LogP contribution < -0.4 is 4.74 Å². The predicted molar refractivity (Wildman–Crippen MR) is 93.2 cm³/mol. The van der Waals surface area contributed by atoms with Gasteiger partial charge in [0.05, 0.1) is 13.2 Å². The minimum Gasteiger partial charge on any atom is -0.454 e. The van der Waals surface area contributed by atoms with Gasteiger partial charge in [-0.25, -0.2) is 4.39 Å². The van der Waals surface area contributed by atoms with Gasteiger partial charge < -0.3 is 9.47 Å². The van der Waals surface area contributed by atoms with Crippen molar-refractivity contribution in [1.29, 1.82) is 0 Å². The van der Waals surface area contributed by atoms with Crippen molar-refractivity contribution in [3.05, 3.63) is 59.9 Å². The molecule has 0 bridgehead atoms. The highest BCUT2D eigenvalue weighted by atomic mass is 19.1. The standard InChI is InChI=1S/C20H24FNO2/c1-16(10-11-22-12-14-23-15-13-22)17-6-8-18(9-7-17)24-20-5-3-2-4-19(20)21/h2-9,16H,10-15H2,1H3. The lowest BCUT2D eigenvalue weighted by Crippen LogP contribution is -2.37. The molecule has 0 radical (unpaired) electrons. The molecule has 0 N–H and O–H groups in total. The van der Waals surface area contributed by atoms with E-state index in [-0.39, 0.29) is 11.6 Å². The van der Waals surface area contributed by atoms with Crippen LogP contribution in [0.15, 0.2) is 48.5 Å². The van der Waals surface area contributed by atoms with E-state index in [0.717, 1.165) is 39.3 Å². The molecule has 3 rings (SSSR count). The maximum Gasteiger partial charge on any atom is 0.165 e. The summed E-state index contributed by atoms with van der Waals surface area (Å²) in [4.78, 5) is 2.45. The molecule has 24 heavy (non-hydrogen) atoms. The van der Waals surface area contributed by atoms with Crippen LogP contribution in [0.3, 0.4) is 0 Å². The first-order valence-electron chi connectivity index (χ1n) is 8.55. The van der Waals surface area contributed by atoms with E-state index in [4.69, 9.17) is 9.47 Å². The summed E-state index contributed by atoms with van der Waals surface area (Å²) in [5.41, 5.74) is 1.28. The lowest BCUT2D eigenvalue weighted by atomic mass is 9.97. The second-order valence-electron chi connectivity index (χ2n) is 6.25. The molecule has 1 atom stereocenters. The van der Waals surface area contributed by atoms with Gasteiger partial charge in [-0.1, -0.05) is 31.2 Å². The van der Waals surface area contributed by atoms with Gasteiger partial charge in [0, 0.05) is 13.1 Å². The Kier molecular flexibility index (Phi) is 5.83. The molecule has 2 aromatic rings. The van der Waals surface area contributed by atoms with Gasteiger partial charge in [0.1, 0.15) is 5.75 Å². The van der Waals surface area contributed by atoms with Gasteiger partial charge >= 0.3 is 0 Å². The topological polar surface area (TPSA) is 21.7 Å². The summed E-state index contributed by atoms with van der Waals surface area (Å²) in [5, 5.41) is 0. The minimum atomic E-state index is -0.347. The zero-order chi connectivity index (χ0) is 16.8. The lowest BCUT2D eigenvalue weighted by Gasteiger charge is -2.27. The van der Waals surface area contributed by atoms with E-state index in [1.807, 2.05) is 12.1 Å². The van der Waals surface area contributed by atoms with Gasteiger partial charge in [-0.2, -0.15) is 0 Å². The normalized spacial score (nSPS) is 16.8. The molecule has 3 nitrogen and oxygen atoms in total. The van der Waals surface area contributed by atoms with Gasteiger partial charge in [0.2, 0.25) is 0 Å². The smallest absolute Gasteiger partial charge is 0.165 e. The van der Waals surface area contributed by atoms with Gasteiger partial charge in [0.25, 0.3) is 0 Å². The highest BCUT2D eigenvalue weighted by Gasteiger charge is 2.13. The molecule has 0 saturated carbocycles. The predicted octanol–water partition coefficient (Wildman–Crippen LogP) is 4.44. The van der Waals surface area contributed by atoms with Crippen molar-refractivity contribution < 1.29 is 13.9 Å². The SMILES string of the molecule is CC(CCN1CCOCC1)c1ccc(Oc2ccccc2F)cc1. The van der Waals surface area contributed by atoms with Crippen LogP contribution in [-0.4, -0.2) is 37.7 Å². The Labute approximate surface area is 143 Å². The first kappa shape index (κ1) is 16.9. The van der Waals surface area contributed by atoms with Crippen LogP contribution >= 0.6 is 0 Å². The van der Waals surface area contributed by atoms with E-state index in [2.05, 4.69) is 24.0 Å². The Morgan fingerprint density at radius 3 is 2.50 bits per heavy atom. The average Bonchev–Trinajstić information content (AvgIpc) is 2.63. The summed E-state index contributed by atoms with van der Waals surface area (Å²) in [6.07, 6.45) is 1.12. The van der Waals surface area contributed by atoms with Crippen LogP contribution in [0.4, 0.5) is 4.39 Å². The average molecular weight is 329 g/mol. The first-order valence-corrected chi connectivity index (χ1v) is 8.55. The fraction of sp³-hybridized carbons (Fsp3) is 0.400. The zero-order valence-electron chi connectivity index (χ0n) is 14.1. The zero-order valence-corrected chi connectivity index (χ0v) is 14.1. The Morgan fingerprint density at radius 1 is 1.08 bits per heavy atom. The Morgan fingerprint density at radius 2 is 1.79 bits per heavy atom. The van der Waals surface area contributed by atoms with Crippen LogP contribution in [0.25, 0.3) is 0 Å². The monoisotopic (exact) mass is 329 g/mol. The molecule has 0 amide bonds. The molecular weight excluding hydrogens is 305 g/mol. The van der Waals surface area contributed by atoms with Crippen LogP contribution in [0.1, 0.15) is 24.8 Å². The van der Waals surface area contributed by atoms with Crippen LogP contribution in [0, 0.1) is 5.82 Å². The summed E-state index contributed by atoms with van der Waals surface area (Å²) in [6.45, 7) is 7.09. The molecule has 1 heterocycles. The Balaban J connectivity index is 1.54. The number of benzene rings is 2. The van der Waals surface area contributed by atoms with Gasteiger partial charge in [-0.15, -0.1) is 0 Å². The fourth-order valence-electron chi connectivity index (χ4n) is 2.89. The summed E-state index contributed by atoms with van der Waals surface area (Å²) in [5.74, 6) is 1.05. The second-order valence-corrected chi connectivity index (χ2v) is 6.25. The molecule has 1 unspecified atom stereocenters. The van der Waals surface area contributed by atoms with Crippen molar-refractivity contribution in [1.82, 2.24) is 4.90 Å². The molecule has 1 fully saturated rings. The number of rotatable bonds is 6. The largest absolute Gasteiger partial charge is 0.454 e. The quantitative estimate of drug-likeness (QED) is 0.782. The fourth-order valence-corrected chi connectivity index (χ4v) is 2.89. The number of ether oxygens (including phenoxy) is 2. The Bertz CT molecular complexity index is 638. The molecule has 0 spiro atoms. The van der Waals surface area contributed by atoms with Crippen LogP contribution in [0.2, 0.25) is 0 Å². The minimum absolute atomic E-state index is 0.255. The maximum atomic E-state index is 13.6. The number of para-hydroxylation sites is 1. The lowest BCUT2D eigenvalue weighted by molar-refractivity contribution is 0.0367. The van der Waals surface area contributed by atoms with Gasteiger partial charge in [-0.3, -0.25) is 4.90 Å². The van der Waals surface area contributed by atoms with E-state index >= 15 is 0 Å². The molecule has 4 heteroatoms. The molecule has 0 aliphatic carbocycles. The summed E-state index contributed by atoms with van der Waals surface area (Å²) in [6, 6.07) is 14.4. The summed E-state index contributed by atoms with van der Waals surface area (Å²) in [7, 11) is 0. The molecule has 128 valence electrons. The third-order valence-corrected chi connectivity index (χ3v) is 4.50. The van der Waals surface area contributed by atoms with Crippen molar-refractivity contribution in [2.45, 2.75) is 19.3 Å². The van der Waals surface area contributed by atoms with Crippen LogP contribution in [-0.2, 0) is 4.74 Å². The van der Waals surface area contributed by atoms with Crippen molar-refractivity contribution in [2.75, 3.05) is 32.8 Å². The molecule has 1 aliphatic heterocycles. The van der Waals surface area contributed by atoms with E-state index < -0.39 is 0 Å². The van der Waals surface area contributed by atoms with Crippen molar-refractivity contribution in [2.24, 2.45) is 0 Å². The number of halogens is 1. The van der Waals surface area contributed by atoms with E-state index in [9.17, 15) is 4.39 Å². The molecule has 1 aliphatic rings. The molecule has 2 aromatic carbocycles. The van der Waals surface area contributed by atoms with Crippen molar-refractivity contribution in [3.8, 4) is 11.5 Å².